The molecule has 1 saturated heterocycles. The van der Waals surface area contributed by atoms with Crippen molar-refractivity contribution in [1.82, 2.24) is 19.6 Å². The zero-order valence-corrected chi connectivity index (χ0v) is 16.5. The number of aromatic nitrogens is 4. The second-order valence-corrected chi connectivity index (χ2v) is 7.35. The van der Waals surface area contributed by atoms with Crippen molar-refractivity contribution in [3.05, 3.63) is 46.0 Å². The number of anilines is 2. The number of rotatable bonds is 4. The van der Waals surface area contributed by atoms with Crippen LogP contribution < -0.4 is 15.4 Å². The number of nitrogens with zero attached hydrogens (tertiary/aromatic N) is 6. The van der Waals surface area contributed by atoms with E-state index >= 15 is 0 Å². The predicted molar refractivity (Wildman–Crippen MR) is 106 cm³/mol. The third-order valence-electron chi connectivity index (χ3n) is 4.55. The van der Waals surface area contributed by atoms with Crippen LogP contribution in [-0.4, -0.2) is 58.3 Å². The molecule has 28 heavy (non-hydrogen) atoms. The predicted octanol–water partition coefficient (Wildman–Crippen LogP) is 1.36. The van der Waals surface area contributed by atoms with Crippen molar-refractivity contribution >= 4 is 33.2 Å². The number of hydrogen-bond donors (Lipinski definition) is 0. The number of hydrogen-bond acceptors (Lipinski definition) is 9. The number of carbonyl (C=O) groups is 1. The summed E-state index contributed by atoms with van der Waals surface area (Å²) >= 11 is 1.42. The third-order valence-corrected chi connectivity index (χ3v) is 5.52. The van der Waals surface area contributed by atoms with Gasteiger partial charge in [-0.2, -0.15) is 4.98 Å². The lowest BCUT2D eigenvalue weighted by Crippen LogP contribution is -2.46. The van der Waals surface area contributed by atoms with Gasteiger partial charge in [0.15, 0.2) is 0 Å². The Balaban J connectivity index is 1.44. The molecule has 0 spiro atoms. The van der Waals surface area contributed by atoms with E-state index in [1.54, 1.807) is 23.7 Å². The second kappa shape index (κ2) is 7.55. The molecule has 10 heteroatoms. The summed E-state index contributed by atoms with van der Waals surface area (Å²) in [7, 11) is 0. The minimum atomic E-state index is -0.357. The molecule has 0 N–H and O–H groups in total. The molecule has 0 unspecified atom stereocenters. The van der Waals surface area contributed by atoms with Crippen molar-refractivity contribution in [3.8, 4) is 0 Å². The number of piperazine rings is 1. The molecule has 9 nitrogen and oxygen atoms in total. The van der Waals surface area contributed by atoms with E-state index in [1.807, 2.05) is 13.0 Å². The molecule has 0 aromatic carbocycles. The molecular formula is C18H20N6O3S. The third kappa shape index (κ3) is 3.55. The topological polar surface area (TPSA) is 92.9 Å². The van der Waals surface area contributed by atoms with Crippen LogP contribution in [0.2, 0.25) is 0 Å². The molecule has 0 atom stereocenters. The number of ether oxygens (including phenoxy) is 1. The lowest BCUT2D eigenvalue weighted by Gasteiger charge is -2.35. The molecule has 0 aliphatic carbocycles. The first-order chi connectivity index (χ1) is 13.5. The molecule has 1 fully saturated rings. The number of carbonyl (C=O) groups excluding carboxylic acids is 1. The lowest BCUT2D eigenvalue weighted by atomic mass is 10.2. The smallest absolute Gasteiger partial charge is 0.339 e. The molecule has 0 bridgehead atoms. The molecule has 3 aromatic rings. The summed E-state index contributed by atoms with van der Waals surface area (Å²) in [5.74, 6) is 0.477. The molecule has 0 amide bonds. The number of esters is 1. The summed E-state index contributed by atoms with van der Waals surface area (Å²) in [5.41, 5.74) is 0.994. The van der Waals surface area contributed by atoms with Gasteiger partial charge < -0.3 is 14.5 Å². The van der Waals surface area contributed by atoms with Crippen molar-refractivity contribution in [2.24, 2.45) is 0 Å². The van der Waals surface area contributed by atoms with Crippen LogP contribution in [0, 0.1) is 6.92 Å². The van der Waals surface area contributed by atoms with Crippen LogP contribution in [-0.2, 0) is 4.74 Å². The molecule has 1 aliphatic rings. The molecular weight excluding hydrogens is 380 g/mol. The van der Waals surface area contributed by atoms with Gasteiger partial charge in [0, 0.05) is 44.1 Å². The van der Waals surface area contributed by atoms with E-state index in [9.17, 15) is 9.59 Å². The van der Waals surface area contributed by atoms with Gasteiger partial charge in [-0.3, -0.25) is 4.79 Å². The van der Waals surface area contributed by atoms with Gasteiger partial charge in [-0.1, -0.05) is 11.3 Å². The minimum absolute atomic E-state index is 0.241. The first kappa shape index (κ1) is 18.4. The number of pyridine rings is 1. The van der Waals surface area contributed by atoms with Gasteiger partial charge in [0.2, 0.25) is 10.1 Å². The summed E-state index contributed by atoms with van der Waals surface area (Å²) in [4.78, 5) is 36.7. The van der Waals surface area contributed by atoms with Crippen molar-refractivity contribution in [2.45, 2.75) is 13.8 Å². The lowest BCUT2D eigenvalue weighted by molar-refractivity contribution is 0.0526. The fraction of sp³-hybridized carbons (Fsp3) is 0.389. The van der Waals surface area contributed by atoms with E-state index in [1.165, 1.54) is 17.4 Å². The quantitative estimate of drug-likeness (QED) is 0.606. The summed E-state index contributed by atoms with van der Waals surface area (Å²) in [6.45, 7) is 7.11. The fourth-order valence-electron chi connectivity index (χ4n) is 3.10. The Morgan fingerprint density at radius 3 is 2.64 bits per heavy atom. The van der Waals surface area contributed by atoms with Crippen molar-refractivity contribution in [3.63, 3.8) is 0 Å². The SMILES string of the molecule is CCOC(=O)c1ccc(N2CCN(c3nn4c(C)cc(=O)nc4s3)CC2)nc1. The van der Waals surface area contributed by atoms with Crippen molar-refractivity contribution in [1.29, 1.82) is 0 Å². The summed E-state index contributed by atoms with van der Waals surface area (Å²) in [6.07, 6.45) is 1.55. The van der Waals surface area contributed by atoms with Crippen molar-refractivity contribution < 1.29 is 9.53 Å². The maximum atomic E-state index is 11.7. The second-order valence-electron chi connectivity index (χ2n) is 6.41. The van der Waals surface area contributed by atoms with Crippen LogP contribution in [0.3, 0.4) is 0 Å². The van der Waals surface area contributed by atoms with E-state index < -0.39 is 0 Å². The zero-order chi connectivity index (χ0) is 19.7. The van der Waals surface area contributed by atoms with Crippen LogP contribution in [0.25, 0.3) is 4.96 Å². The molecule has 4 heterocycles. The Bertz CT molecular complexity index is 1050. The molecule has 3 aromatic heterocycles. The molecule has 1 aliphatic heterocycles. The first-order valence-electron chi connectivity index (χ1n) is 9.06. The standard InChI is InChI=1S/C18H20N6O3S/c1-3-27-16(26)13-4-5-14(19-11-13)22-6-8-23(9-7-22)18-21-24-12(2)10-15(25)20-17(24)28-18/h4-5,10-11H,3,6-9H2,1-2H3. The summed E-state index contributed by atoms with van der Waals surface area (Å²) in [5, 5.41) is 5.45. The average Bonchev–Trinajstić information content (AvgIpc) is 3.13. The van der Waals surface area contributed by atoms with Crippen LogP contribution in [0.1, 0.15) is 23.0 Å². The van der Waals surface area contributed by atoms with Gasteiger partial charge in [0.1, 0.15) is 5.82 Å². The van der Waals surface area contributed by atoms with E-state index in [4.69, 9.17) is 4.74 Å². The van der Waals surface area contributed by atoms with Gasteiger partial charge in [-0.15, -0.1) is 5.10 Å². The van der Waals surface area contributed by atoms with Crippen LogP contribution in [0.5, 0.6) is 0 Å². The van der Waals surface area contributed by atoms with E-state index in [-0.39, 0.29) is 11.5 Å². The Labute approximate surface area is 165 Å². The molecule has 4 rings (SSSR count). The Kier molecular flexibility index (Phi) is 4.95. The monoisotopic (exact) mass is 400 g/mol. The van der Waals surface area contributed by atoms with Crippen LogP contribution in [0.15, 0.2) is 29.2 Å². The van der Waals surface area contributed by atoms with Gasteiger partial charge >= 0.3 is 5.97 Å². The zero-order valence-electron chi connectivity index (χ0n) is 15.7. The highest BCUT2D eigenvalue weighted by molar-refractivity contribution is 7.20. The fourth-order valence-corrected chi connectivity index (χ4v) is 4.11. The number of fused-ring (bicyclic) bond motifs is 1. The van der Waals surface area contributed by atoms with Gasteiger partial charge in [-0.25, -0.2) is 14.3 Å². The van der Waals surface area contributed by atoms with Crippen LogP contribution >= 0.6 is 11.3 Å². The average molecular weight is 400 g/mol. The Morgan fingerprint density at radius 1 is 1.21 bits per heavy atom. The van der Waals surface area contributed by atoms with E-state index in [0.717, 1.165) is 42.8 Å². The van der Waals surface area contributed by atoms with Crippen LogP contribution in [0.4, 0.5) is 10.9 Å². The van der Waals surface area contributed by atoms with Gasteiger partial charge in [0.25, 0.3) is 5.56 Å². The summed E-state index contributed by atoms with van der Waals surface area (Å²) in [6, 6.07) is 5.07. The largest absolute Gasteiger partial charge is 0.462 e. The van der Waals surface area contributed by atoms with Gasteiger partial charge in [-0.05, 0) is 26.0 Å². The highest BCUT2D eigenvalue weighted by atomic mass is 32.1. The van der Waals surface area contributed by atoms with Crippen molar-refractivity contribution in [2.75, 3.05) is 42.6 Å². The minimum Gasteiger partial charge on any atom is -0.462 e. The maximum Gasteiger partial charge on any atom is 0.339 e. The normalized spacial score (nSPS) is 14.5. The molecule has 0 saturated carbocycles. The highest BCUT2D eigenvalue weighted by Gasteiger charge is 2.22. The highest BCUT2D eigenvalue weighted by Crippen LogP contribution is 2.24. The Morgan fingerprint density at radius 2 is 1.96 bits per heavy atom. The molecule has 0 radical (unpaired) electrons. The molecule has 146 valence electrons. The Hall–Kier alpha value is -3.01. The van der Waals surface area contributed by atoms with Gasteiger partial charge in [0.05, 0.1) is 12.2 Å². The first-order valence-corrected chi connectivity index (χ1v) is 9.87. The summed E-state index contributed by atoms with van der Waals surface area (Å²) < 4.78 is 6.70. The maximum absolute atomic E-state index is 11.7. The van der Waals surface area contributed by atoms with E-state index in [0.29, 0.717) is 17.1 Å². The number of aryl methyl sites for hydroxylation is 1. The van der Waals surface area contributed by atoms with E-state index in [2.05, 4.69) is 24.9 Å².